The van der Waals surface area contributed by atoms with E-state index in [0.717, 1.165) is 44.7 Å². The van der Waals surface area contributed by atoms with Crippen LogP contribution in [0.5, 0.6) is 0 Å². The van der Waals surface area contributed by atoms with Crippen LogP contribution < -0.4 is 5.46 Å². The van der Waals surface area contributed by atoms with Crippen LogP contribution in [0.4, 0.5) is 0 Å². The molecule has 39 heavy (non-hydrogen) atoms. The van der Waals surface area contributed by atoms with Crippen molar-refractivity contribution in [1.82, 2.24) is 9.97 Å². The van der Waals surface area contributed by atoms with Gasteiger partial charge in [0, 0.05) is 22.3 Å². The van der Waals surface area contributed by atoms with E-state index in [9.17, 15) is 5.11 Å². The number of hydrogen-bond acceptors (Lipinski definition) is 4. The van der Waals surface area contributed by atoms with Crippen molar-refractivity contribution in [2.75, 3.05) is 0 Å². The van der Waals surface area contributed by atoms with Gasteiger partial charge in [0.25, 0.3) is 0 Å². The van der Waals surface area contributed by atoms with Gasteiger partial charge in [0.1, 0.15) is 0 Å². The summed E-state index contributed by atoms with van der Waals surface area (Å²) in [5, 5.41) is 10.5. The largest absolute Gasteiger partial charge is 0.427 e. The lowest BCUT2D eigenvalue weighted by molar-refractivity contribution is -0.0893. The maximum absolute atomic E-state index is 10.5. The molecule has 0 saturated heterocycles. The predicted octanol–water partition coefficient (Wildman–Crippen LogP) is 6.69. The molecular weight excluding hydrogens is 479 g/mol. The van der Waals surface area contributed by atoms with Gasteiger partial charge in [-0.2, -0.15) is 0 Å². The molecule has 4 aromatic carbocycles. The fourth-order valence-corrected chi connectivity index (χ4v) is 4.27. The van der Waals surface area contributed by atoms with Crippen LogP contribution in [0.2, 0.25) is 0 Å². The zero-order chi connectivity index (χ0) is 27.5. The van der Waals surface area contributed by atoms with Crippen molar-refractivity contribution in [2.24, 2.45) is 0 Å². The van der Waals surface area contributed by atoms with Gasteiger partial charge >= 0.3 is 7.48 Å². The van der Waals surface area contributed by atoms with Crippen molar-refractivity contribution in [3.8, 4) is 45.0 Å². The van der Waals surface area contributed by atoms with Gasteiger partial charge in [-0.25, -0.2) is 9.97 Å². The molecule has 5 heteroatoms. The molecule has 5 aromatic rings. The highest BCUT2D eigenvalue weighted by Crippen LogP contribution is 2.39. The number of benzene rings is 4. The third kappa shape index (κ3) is 5.85. The van der Waals surface area contributed by atoms with E-state index in [0.29, 0.717) is 13.3 Å². The molecule has 0 aliphatic heterocycles. The minimum Gasteiger partial charge on any atom is -0.427 e. The fraction of sp³-hybridized carbons (Fsp3) is 0.176. The highest BCUT2D eigenvalue weighted by molar-refractivity contribution is 6.47. The summed E-state index contributed by atoms with van der Waals surface area (Å²) in [7, 11) is 0.400. The van der Waals surface area contributed by atoms with Gasteiger partial charge in [-0.15, -0.1) is 0 Å². The van der Waals surface area contributed by atoms with Gasteiger partial charge in [-0.05, 0) is 33.3 Å². The van der Waals surface area contributed by atoms with Gasteiger partial charge in [0.2, 0.25) is 0 Å². The van der Waals surface area contributed by atoms with E-state index in [2.05, 4.69) is 48.5 Å². The molecule has 1 heterocycles. The second-order valence-corrected chi connectivity index (χ2v) is 10.8. The molecule has 0 atom stereocenters. The lowest BCUT2D eigenvalue weighted by atomic mass is 9.82. The van der Waals surface area contributed by atoms with Crippen molar-refractivity contribution in [1.29, 1.82) is 0 Å². The Bertz CT molecular complexity index is 1530. The summed E-state index contributed by atoms with van der Waals surface area (Å²) in [4.78, 5) is 10.3. The molecule has 194 valence electrons. The van der Waals surface area contributed by atoms with Crippen molar-refractivity contribution >= 4 is 12.9 Å². The highest BCUT2D eigenvalue weighted by Gasteiger charge is 2.35. The second kappa shape index (κ2) is 11.0. The Kier molecular flexibility index (Phi) is 7.47. The standard InChI is InChI=1S/C34H33BN2O2/c1-33(2,38)34(3,4)39-35-28-22-20-26(21-23-28)31-29(24-14-8-5-9-15-24)30(25-16-10-6-11-17-25)36-32(37-31)27-18-12-7-13-19-27/h5-23,35,38H,1-4H3. The monoisotopic (exact) mass is 512 g/mol. The molecule has 0 aliphatic carbocycles. The number of aliphatic hydroxyl groups is 1. The van der Waals surface area contributed by atoms with Gasteiger partial charge in [0.05, 0.1) is 22.6 Å². The van der Waals surface area contributed by atoms with Crippen molar-refractivity contribution in [2.45, 2.75) is 38.9 Å². The summed E-state index contributed by atoms with van der Waals surface area (Å²) >= 11 is 0. The molecule has 0 aliphatic rings. The van der Waals surface area contributed by atoms with Crippen LogP contribution in [0.15, 0.2) is 115 Å². The molecule has 0 spiro atoms. The van der Waals surface area contributed by atoms with Gasteiger partial charge < -0.3 is 9.76 Å². The molecule has 0 saturated carbocycles. The van der Waals surface area contributed by atoms with Crippen LogP contribution in [0.1, 0.15) is 27.7 Å². The smallest absolute Gasteiger partial charge is 0.309 e. The van der Waals surface area contributed by atoms with E-state index in [4.69, 9.17) is 14.6 Å². The molecular formula is C34H33BN2O2. The number of hydrogen-bond donors (Lipinski definition) is 1. The van der Waals surface area contributed by atoms with Crippen molar-refractivity contribution in [3.63, 3.8) is 0 Å². The second-order valence-electron chi connectivity index (χ2n) is 10.8. The van der Waals surface area contributed by atoms with Crippen LogP contribution in [-0.2, 0) is 4.65 Å². The lowest BCUT2D eigenvalue weighted by Crippen LogP contribution is -2.49. The molecule has 4 nitrogen and oxygen atoms in total. The van der Waals surface area contributed by atoms with Gasteiger partial charge in [-0.3, -0.25) is 0 Å². The lowest BCUT2D eigenvalue weighted by Gasteiger charge is -2.37. The SMILES string of the molecule is CC(C)(O)C(C)(C)OBc1ccc(-c2nc(-c3ccccc3)nc(-c3ccccc3)c2-c2ccccc2)cc1. The Morgan fingerprint density at radius 2 is 1.00 bits per heavy atom. The third-order valence-corrected chi connectivity index (χ3v) is 7.35. The Hall–Kier alpha value is -4.06. The molecule has 1 N–H and O–H groups in total. The molecule has 0 radical (unpaired) electrons. The van der Waals surface area contributed by atoms with Crippen LogP contribution >= 0.6 is 0 Å². The normalized spacial score (nSPS) is 11.8. The Balaban J connectivity index is 1.65. The summed E-state index contributed by atoms with van der Waals surface area (Å²) < 4.78 is 6.10. The van der Waals surface area contributed by atoms with E-state index in [1.54, 1.807) is 13.8 Å². The van der Waals surface area contributed by atoms with Crippen LogP contribution in [0.25, 0.3) is 45.0 Å². The first-order valence-corrected chi connectivity index (χ1v) is 13.3. The van der Waals surface area contributed by atoms with E-state index in [-0.39, 0.29) is 0 Å². The first-order chi connectivity index (χ1) is 18.7. The summed E-state index contributed by atoms with van der Waals surface area (Å²) in [6, 6.07) is 39.0. The van der Waals surface area contributed by atoms with Crippen molar-refractivity contribution < 1.29 is 9.76 Å². The molecule has 5 rings (SSSR count). The fourth-order valence-electron chi connectivity index (χ4n) is 4.27. The Morgan fingerprint density at radius 1 is 0.564 bits per heavy atom. The minimum absolute atomic E-state index is 0.400. The highest BCUT2D eigenvalue weighted by atomic mass is 16.5. The summed E-state index contributed by atoms with van der Waals surface area (Å²) in [6.07, 6.45) is 0. The quantitative estimate of drug-likeness (QED) is 0.236. The molecule has 1 aromatic heterocycles. The summed E-state index contributed by atoms with van der Waals surface area (Å²) in [5.74, 6) is 0.684. The Morgan fingerprint density at radius 3 is 1.49 bits per heavy atom. The Labute approximate surface area is 231 Å². The average Bonchev–Trinajstić information content (AvgIpc) is 2.96. The number of nitrogens with zero attached hydrogens (tertiary/aromatic N) is 2. The molecule has 0 bridgehead atoms. The summed E-state index contributed by atoms with van der Waals surface area (Å²) in [6.45, 7) is 7.35. The number of aromatic nitrogens is 2. The van der Waals surface area contributed by atoms with E-state index >= 15 is 0 Å². The molecule has 0 amide bonds. The maximum Gasteiger partial charge on any atom is 0.309 e. The summed E-state index contributed by atoms with van der Waals surface area (Å²) in [5.41, 5.74) is 6.20. The first kappa shape index (κ1) is 26.5. The topological polar surface area (TPSA) is 55.2 Å². The van der Waals surface area contributed by atoms with Gasteiger partial charge in [0.15, 0.2) is 5.82 Å². The van der Waals surface area contributed by atoms with E-state index in [1.807, 2.05) is 80.6 Å². The van der Waals surface area contributed by atoms with Crippen LogP contribution in [-0.4, -0.2) is 33.8 Å². The van der Waals surface area contributed by atoms with E-state index in [1.165, 1.54) is 0 Å². The molecule has 0 fully saturated rings. The van der Waals surface area contributed by atoms with Crippen LogP contribution in [0, 0.1) is 0 Å². The zero-order valence-electron chi connectivity index (χ0n) is 22.9. The van der Waals surface area contributed by atoms with E-state index < -0.39 is 11.2 Å². The van der Waals surface area contributed by atoms with Crippen LogP contribution in [0.3, 0.4) is 0 Å². The van der Waals surface area contributed by atoms with Crippen molar-refractivity contribution in [3.05, 3.63) is 115 Å². The average molecular weight is 512 g/mol. The maximum atomic E-state index is 10.5. The van der Waals surface area contributed by atoms with Gasteiger partial charge in [-0.1, -0.05) is 121 Å². The predicted molar refractivity (Wildman–Crippen MR) is 162 cm³/mol. The number of rotatable bonds is 8. The minimum atomic E-state index is -0.958. The zero-order valence-corrected chi connectivity index (χ0v) is 22.9. The molecule has 0 unspecified atom stereocenters. The first-order valence-electron chi connectivity index (χ1n) is 13.3. The third-order valence-electron chi connectivity index (χ3n) is 7.35.